The maximum atomic E-state index is 12.7. The molecule has 3 nitrogen and oxygen atoms in total. The molecule has 0 aliphatic rings. The minimum absolute atomic E-state index is 0.285. The maximum absolute atomic E-state index is 12.7. The molecular weight excluding hydrogens is 306 g/mol. The third-order valence-corrected chi connectivity index (χ3v) is 5.23. The van der Waals surface area contributed by atoms with Crippen molar-refractivity contribution in [2.75, 3.05) is 6.54 Å². The standard InChI is InChI=1S/C19H27NO2S/c1-4-6-8-9-10-11-17-20(16-7-5-2)23(21,22)19-14-12-18(3)13-15-19/h5,12-15H,2,4,6-10,16H2,1,3H3. The number of benzene rings is 1. The van der Waals surface area contributed by atoms with Gasteiger partial charge in [0.05, 0.1) is 4.90 Å². The van der Waals surface area contributed by atoms with Crippen LogP contribution in [0.3, 0.4) is 0 Å². The first kappa shape index (κ1) is 19.3. The van der Waals surface area contributed by atoms with Crippen molar-refractivity contribution in [3.63, 3.8) is 0 Å². The molecule has 0 aromatic heterocycles. The molecular formula is C19H27NO2S. The molecule has 0 saturated carbocycles. The second-order valence-electron chi connectivity index (χ2n) is 5.57. The van der Waals surface area contributed by atoms with E-state index >= 15 is 0 Å². The molecule has 0 aliphatic heterocycles. The number of hydrogen-bond donors (Lipinski definition) is 0. The highest BCUT2D eigenvalue weighted by Crippen LogP contribution is 2.16. The summed E-state index contributed by atoms with van der Waals surface area (Å²) in [7, 11) is -3.58. The van der Waals surface area contributed by atoms with Gasteiger partial charge < -0.3 is 0 Å². The highest BCUT2D eigenvalue weighted by atomic mass is 32.2. The van der Waals surface area contributed by atoms with E-state index in [4.69, 9.17) is 0 Å². The van der Waals surface area contributed by atoms with E-state index in [9.17, 15) is 8.42 Å². The largest absolute Gasteiger partial charge is 0.270 e. The molecule has 126 valence electrons. The van der Waals surface area contributed by atoms with Crippen LogP contribution in [0.25, 0.3) is 0 Å². The molecule has 0 aliphatic carbocycles. The van der Waals surface area contributed by atoms with Crippen LogP contribution in [0.2, 0.25) is 0 Å². The van der Waals surface area contributed by atoms with Gasteiger partial charge in [0.15, 0.2) is 0 Å². The lowest BCUT2D eigenvalue weighted by atomic mass is 10.2. The summed E-state index contributed by atoms with van der Waals surface area (Å²) in [5, 5.41) is 0. The molecule has 0 amide bonds. The number of aryl methyl sites for hydroxylation is 1. The molecule has 0 saturated heterocycles. The first-order chi connectivity index (χ1) is 11.0. The van der Waals surface area contributed by atoms with E-state index in [1.54, 1.807) is 30.3 Å². The Hall–Kier alpha value is -1.73. The molecule has 0 atom stereocenters. The predicted molar refractivity (Wildman–Crippen MR) is 96.4 cm³/mol. The average Bonchev–Trinajstić information content (AvgIpc) is 2.53. The van der Waals surface area contributed by atoms with Crippen LogP contribution in [0.1, 0.15) is 51.0 Å². The van der Waals surface area contributed by atoms with Gasteiger partial charge in [0.2, 0.25) is 0 Å². The van der Waals surface area contributed by atoms with Gasteiger partial charge in [-0.15, -0.1) is 6.58 Å². The van der Waals surface area contributed by atoms with Crippen molar-refractivity contribution in [3.8, 4) is 12.0 Å². The normalized spacial score (nSPS) is 10.7. The predicted octanol–water partition coefficient (Wildman–Crippen LogP) is 4.49. The zero-order valence-corrected chi connectivity index (χ0v) is 15.0. The fourth-order valence-electron chi connectivity index (χ4n) is 2.07. The Labute approximate surface area is 141 Å². The Morgan fingerprint density at radius 2 is 1.87 bits per heavy atom. The second kappa shape index (κ2) is 10.1. The fraction of sp³-hybridized carbons (Fsp3) is 0.474. The van der Waals surface area contributed by atoms with Gasteiger partial charge in [0.25, 0.3) is 10.0 Å². The van der Waals surface area contributed by atoms with Crippen molar-refractivity contribution in [1.82, 2.24) is 4.31 Å². The van der Waals surface area contributed by atoms with Crippen LogP contribution < -0.4 is 0 Å². The summed E-state index contributed by atoms with van der Waals surface area (Å²) >= 11 is 0. The summed E-state index contributed by atoms with van der Waals surface area (Å²) < 4.78 is 26.7. The van der Waals surface area contributed by atoms with E-state index in [1.165, 1.54) is 17.1 Å². The van der Waals surface area contributed by atoms with Crippen LogP contribution >= 0.6 is 0 Å². The smallest absolute Gasteiger partial charge is 0.224 e. The van der Waals surface area contributed by atoms with Crippen LogP contribution in [-0.4, -0.2) is 19.3 Å². The van der Waals surface area contributed by atoms with Gasteiger partial charge in [-0.3, -0.25) is 0 Å². The monoisotopic (exact) mass is 333 g/mol. The quantitative estimate of drug-likeness (QED) is 0.289. The molecule has 1 aromatic carbocycles. The minimum atomic E-state index is -3.58. The van der Waals surface area contributed by atoms with Gasteiger partial charge in [0, 0.05) is 19.0 Å². The van der Waals surface area contributed by atoms with Crippen molar-refractivity contribution in [1.29, 1.82) is 0 Å². The summed E-state index contributed by atoms with van der Waals surface area (Å²) in [4.78, 5) is 0.285. The zero-order chi connectivity index (χ0) is 17.1. The topological polar surface area (TPSA) is 37.4 Å². The van der Waals surface area contributed by atoms with E-state index < -0.39 is 10.0 Å². The van der Waals surface area contributed by atoms with Crippen molar-refractivity contribution < 1.29 is 8.42 Å². The number of nitrogens with zero attached hydrogens (tertiary/aromatic N) is 1. The highest BCUT2D eigenvalue weighted by Gasteiger charge is 2.21. The van der Waals surface area contributed by atoms with E-state index in [0.717, 1.165) is 24.8 Å². The number of sulfonamides is 1. The molecule has 1 rings (SSSR count). The molecule has 4 heteroatoms. The van der Waals surface area contributed by atoms with E-state index in [0.29, 0.717) is 13.0 Å². The van der Waals surface area contributed by atoms with Crippen LogP contribution in [0.4, 0.5) is 0 Å². The highest BCUT2D eigenvalue weighted by molar-refractivity contribution is 7.89. The molecule has 23 heavy (non-hydrogen) atoms. The van der Waals surface area contributed by atoms with Gasteiger partial charge >= 0.3 is 0 Å². The first-order valence-electron chi connectivity index (χ1n) is 8.21. The average molecular weight is 333 g/mol. The van der Waals surface area contributed by atoms with Gasteiger partial charge in [-0.1, -0.05) is 55.9 Å². The summed E-state index contributed by atoms with van der Waals surface area (Å²) in [5.74, 6) is 3.00. The number of unbranched alkanes of at least 4 members (excludes halogenated alkanes) is 4. The summed E-state index contributed by atoms with van der Waals surface area (Å²) in [5.41, 5.74) is 1.03. The van der Waals surface area contributed by atoms with Crippen LogP contribution in [0.5, 0.6) is 0 Å². The van der Waals surface area contributed by atoms with Crippen molar-refractivity contribution in [2.24, 2.45) is 0 Å². The lowest BCUT2D eigenvalue weighted by Crippen LogP contribution is -2.27. The number of rotatable bonds is 9. The molecule has 0 spiro atoms. The summed E-state index contributed by atoms with van der Waals surface area (Å²) in [6.07, 6.45) is 7.55. The van der Waals surface area contributed by atoms with E-state index in [2.05, 4.69) is 25.5 Å². The Morgan fingerprint density at radius 3 is 2.48 bits per heavy atom. The Morgan fingerprint density at radius 1 is 1.17 bits per heavy atom. The molecule has 0 fully saturated rings. The Balaban J connectivity index is 2.85. The molecule has 1 aromatic rings. The van der Waals surface area contributed by atoms with Gasteiger partial charge in [-0.25, -0.2) is 12.7 Å². The fourth-order valence-corrected chi connectivity index (χ4v) is 3.33. The zero-order valence-electron chi connectivity index (χ0n) is 14.2. The summed E-state index contributed by atoms with van der Waals surface area (Å²) in [6, 6.07) is 9.70. The first-order valence-corrected chi connectivity index (χ1v) is 9.65. The van der Waals surface area contributed by atoms with Crippen molar-refractivity contribution in [3.05, 3.63) is 42.5 Å². The Kier molecular flexibility index (Phi) is 8.50. The van der Waals surface area contributed by atoms with Crippen molar-refractivity contribution in [2.45, 2.75) is 57.3 Å². The SMILES string of the molecule is C=CCCN(C#CCCCCCC)S(=O)(=O)c1ccc(C)cc1. The lowest BCUT2D eigenvalue weighted by molar-refractivity contribution is 0.514. The van der Waals surface area contributed by atoms with Crippen molar-refractivity contribution >= 4 is 10.0 Å². The number of hydrogen-bond acceptors (Lipinski definition) is 2. The van der Waals surface area contributed by atoms with Crippen LogP contribution in [0, 0.1) is 18.9 Å². The van der Waals surface area contributed by atoms with E-state index in [-0.39, 0.29) is 4.90 Å². The van der Waals surface area contributed by atoms with Gasteiger partial charge in [0.1, 0.15) is 0 Å². The molecule has 0 unspecified atom stereocenters. The third kappa shape index (κ3) is 6.50. The van der Waals surface area contributed by atoms with Gasteiger partial charge in [-0.2, -0.15) is 0 Å². The van der Waals surface area contributed by atoms with E-state index in [1.807, 2.05) is 6.92 Å². The van der Waals surface area contributed by atoms with Crippen LogP contribution in [-0.2, 0) is 10.0 Å². The lowest BCUT2D eigenvalue weighted by Gasteiger charge is -2.17. The molecule has 0 radical (unpaired) electrons. The Bertz CT molecular complexity index is 636. The maximum Gasteiger partial charge on any atom is 0.270 e. The summed E-state index contributed by atoms with van der Waals surface area (Å²) in [6.45, 7) is 8.09. The second-order valence-corrected chi connectivity index (χ2v) is 7.43. The molecule has 0 bridgehead atoms. The molecule has 0 N–H and O–H groups in total. The van der Waals surface area contributed by atoms with Gasteiger partial charge in [-0.05, 0) is 31.9 Å². The third-order valence-electron chi connectivity index (χ3n) is 3.50. The molecule has 0 heterocycles. The van der Waals surface area contributed by atoms with Crippen LogP contribution in [0.15, 0.2) is 41.8 Å². The minimum Gasteiger partial charge on any atom is -0.224 e.